The molecule has 4 rings (SSSR count). The van der Waals surface area contributed by atoms with Gasteiger partial charge in [-0.15, -0.1) is 0 Å². The summed E-state index contributed by atoms with van der Waals surface area (Å²) in [4.78, 5) is 17.4. The number of carbonyl (C=O) groups excluding carboxylic acids is 1. The van der Waals surface area contributed by atoms with Crippen molar-refractivity contribution < 1.29 is 9.53 Å². The summed E-state index contributed by atoms with van der Waals surface area (Å²) < 4.78 is 6.86. The van der Waals surface area contributed by atoms with Gasteiger partial charge in [-0.25, -0.2) is 4.98 Å². The van der Waals surface area contributed by atoms with E-state index in [0.717, 1.165) is 22.2 Å². The van der Waals surface area contributed by atoms with Gasteiger partial charge in [-0.2, -0.15) is 9.78 Å². The first-order chi connectivity index (χ1) is 13.5. The van der Waals surface area contributed by atoms with Crippen LogP contribution in [0.3, 0.4) is 0 Å². The molecule has 0 aliphatic heterocycles. The number of benzene rings is 2. The molecule has 2 aromatic carbocycles. The van der Waals surface area contributed by atoms with Gasteiger partial charge in [0.05, 0.1) is 18.3 Å². The van der Waals surface area contributed by atoms with Crippen molar-refractivity contribution in [2.45, 2.75) is 13.8 Å². The van der Waals surface area contributed by atoms with Crippen molar-refractivity contribution in [3.63, 3.8) is 0 Å². The van der Waals surface area contributed by atoms with Crippen LogP contribution >= 0.6 is 0 Å². The van der Waals surface area contributed by atoms with Crippen LogP contribution in [0.1, 0.15) is 21.6 Å². The van der Waals surface area contributed by atoms with Crippen LogP contribution in [-0.4, -0.2) is 27.8 Å². The van der Waals surface area contributed by atoms with Crippen LogP contribution in [0.2, 0.25) is 0 Å². The number of carbonyl (C=O) groups is 1. The fraction of sp³-hybridized carbons (Fsp3) is 0.136. The molecule has 0 saturated carbocycles. The standard InChI is InChI=1S/C22H20N4O2/c1-14-11-20(23-19-10-5-4-9-18(14)19)26-21(12-15(2)25-26)24-22(27)16-7-6-8-17(13-16)28-3/h4-13H,1-3H3,(H,24,27). The summed E-state index contributed by atoms with van der Waals surface area (Å²) in [7, 11) is 1.57. The Bertz CT molecular complexity index is 1180. The number of ether oxygens (including phenoxy) is 1. The van der Waals surface area contributed by atoms with Crippen molar-refractivity contribution in [1.29, 1.82) is 0 Å². The lowest BCUT2D eigenvalue weighted by atomic mass is 10.1. The SMILES string of the molecule is COc1cccc(C(=O)Nc2cc(C)nn2-c2cc(C)c3ccccc3n2)c1. The molecule has 0 bridgehead atoms. The zero-order valence-corrected chi connectivity index (χ0v) is 15.9. The van der Waals surface area contributed by atoms with Gasteiger partial charge in [-0.05, 0) is 49.7 Å². The second-order valence-corrected chi connectivity index (χ2v) is 6.58. The number of aryl methyl sites for hydroxylation is 2. The molecule has 140 valence electrons. The van der Waals surface area contributed by atoms with E-state index in [1.165, 1.54) is 0 Å². The van der Waals surface area contributed by atoms with Crippen molar-refractivity contribution in [2.75, 3.05) is 12.4 Å². The van der Waals surface area contributed by atoms with E-state index in [4.69, 9.17) is 9.72 Å². The molecule has 0 atom stereocenters. The van der Waals surface area contributed by atoms with Gasteiger partial charge in [-0.1, -0.05) is 24.3 Å². The molecular weight excluding hydrogens is 352 g/mol. The van der Waals surface area contributed by atoms with Crippen molar-refractivity contribution in [3.8, 4) is 11.6 Å². The molecule has 28 heavy (non-hydrogen) atoms. The first-order valence-corrected chi connectivity index (χ1v) is 8.94. The van der Waals surface area contributed by atoms with Gasteiger partial charge in [0.1, 0.15) is 11.6 Å². The Hall–Kier alpha value is -3.67. The summed E-state index contributed by atoms with van der Waals surface area (Å²) in [5.74, 6) is 1.61. The number of nitrogens with one attached hydrogen (secondary N) is 1. The van der Waals surface area contributed by atoms with Gasteiger partial charge >= 0.3 is 0 Å². The van der Waals surface area contributed by atoms with Crippen LogP contribution < -0.4 is 10.1 Å². The largest absolute Gasteiger partial charge is 0.497 e. The van der Waals surface area contributed by atoms with Crippen molar-refractivity contribution >= 4 is 22.6 Å². The second-order valence-electron chi connectivity index (χ2n) is 6.58. The minimum atomic E-state index is -0.238. The van der Waals surface area contributed by atoms with Crippen LogP contribution in [0.4, 0.5) is 5.82 Å². The minimum Gasteiger partial charge on any atom is -0.497 e. The third-order valence-electron chi connectivity index (χ3n) is 4.53. The Labute approximate surface area is 162 Å². The molecule has 0 aliphatic carbocycles. The summed E-state index contributed by atoms with van der Waals surface area (Å²) in [6.45, 7) is 3.92. The van der Waals surface area contributed by atoms with E-state index < -0.39 is 0 Å². The Morgan fingerprint density at radius 3 is 2.68 bits per heavy atom. The average Bonchev–Trinajstić information content (AvgIpc) is 3.08. The molecule has 0 saturated heterocycles. The summed E-state index contributed by atoms with van der Waals surface area (Å²) in [5, 5.41) is 8.55. The lowest BCUT2D eigenvalue weighted by Crippen LogP contribution is -2.15. The van der Waals surface area contributed by atoms with Crippen LogP contribution in [0.15, 0.2) is 60.7 Å². The van der Waals surface area contributed by atoms with E-state index in [2.05, 4.69) is 10.4 Å². The Kier molecular flexibility index (Phi) is 4.53. The molecule has 1 N–H and O–H groups in total. The minimum absolute atomic E-state index is 0.238. The predicted molar refractivity (Wildman–Crippen MR) is 109 cm³/mol. The van der Waals surface area contributed by atoms with Crippen molar-refractivity contribution in [1.82, 2.24) is 14.8 Å². The molecule has 4 aromatic rings. The second kappa shape index (κ2) is 7.15. The van der Waals surface area contributed by atoms with Gasteiger partial charge < -0.3 is 10.1 Å². The monoisotopic (exact) mass is 372 g/mol. The molecule has 0 radical (unpaired) electrons. The normalized spacial score (nSPS) is 10.8. The predicted octanol–water partition coefficient (Wildman–Crippen LogP) is 4.30. The summed E-state index contributed by atoms with van der Waals surface area (Å²) in [5.41, 5.74) is 3.27. The highest BCUT2D eigenvalue weighted by molar-refractivity contribution is 6.04. The maximum Gasteiger partial charge on any atom is 0.256 e. The number of aromatic nitrogens is 3. The number of nitrogens with zero attached hydrogens (tertiary/aromatic N) is 3. The molecule has 2 aromatic heterocycles. The first kappa shape index (κ1) is 17.7. The Morgan fingerprint density at radius 2 is 1.86 bits per heavy atom. The first-order valence-electron chi connectivity index (χ1n) is 8.94. The van der Waals surface area contributed by atoms with Crippen LogP contribution in [0, 0.1) is 13.8 Å². The van der Waals surface area contributed by atoms with E-state index in [9.17, 15) is 4.79 Å². The van der Waals surface area contributed by atoms with E-state index in [-0.39, 0.29) is 5.91 Å². The highest BCUT2D eigenvalue weighted by Crippen LogP contribution is 2.23. The maximum absolute atomic E-state index is 12.7. The van der Waals surface area contributed by atoms with E-state index >= 15 is 0 Å². The third kappa shape index (κ3) is 3.32. The summed E-state index contributed by atoms with van der Waals surface area (Å²) in [6, 6.07) is 18.8. The van der Waals surface area contributed by atoms with Crippen molar-refractivity contribution in [2.24, 2.45) is 0 Å². The lowest BCUT2D eigenvalue weighted by molar-refractivity contribution is 0.102. The summed E-state index contributed by atoms with van der Waals surface area (Å²) in [6.07, 6.45) is 0. The number of rotatable bonds is 4. The zero-order chi connectivity index (χ0) is 19.7. The molecule has 0 spiro atoms. The van der Waals surface area contributed by atoms with Crippen molar-refractivity contribution in [3.05, 3.63) is 77.5 Å². The number of anilines is 1. The topological polar surface area (TPSA) is 69.0 Å². The van der Waals surface area contributed by atoms with Crippen LogP contribution in [0.5, 0.6) is 5.75 Å². The molecule has 0 unspecified atom stereocenters. The number of hydrogen-bond acceptors (Lipinski definition) is 4. The molecule has 2 heterocycles. The van der Waals surface area contributed by atoms with E-state index in [1.807, 2.05) is 50.2 Å². The molecule has 0 aliphatic rings. The van der Waals surface area contributed by atoms with Gasteiger partial charge in [0.15, 0.2) is 5.82 Å². The number of amides is 1. The van der Waals surface area contributed by atoms with Gasteiger partial charge in [0, 0.05) is 17.0 Å². The lowest BCUT2D eigenvalue weighted by Gasteiger charge is -2.11. The van der Waals surface area contributed by atoms with Crippen LogP contribution in [-0.2, 0) is 0 Å². The number of pyridine rings is 1. The maximum atomic E-state index is 12.7. The molecule has 6 heteroatoms. The quantitative estimate of drug-likeness (QED) is 0.580. The average molecular weight is 372 g/mol. The number of methoxy groups -OCH3 is 1. The van der Waals surface area contributed by atoms with Gasteiger partial charge in [0.25, 0.3) is 5.91 Å². The zero-order valence-electron chi connectivity index (χ0n) is 15.9. The van der Waals surface area contributed by atoms with Gasteiger partial charge in [0.2, 0.25) is 0 Å². The fourth-order valence-electron chi connectivity index (χ4n) is 3.16. The molecule has 1 amide bonds. The molecule has 6 nitrogen and oxygen atoms in total. The third-order valence-corrected chi connectivity index (χ3v) is 4.53. The van der Waals surface area contributed by atoms with Gasteiger partial charge in [-0.3, -0.25) is 4.79 Å². The number of fused-ring (bicyclic) bond motifs is 1. The van der Waals surface area contributed by atoms with Crippen LogP contribution in [0.25, 0.3) is 16.7 Å². The Morgan fingerprint density at radius 1 is 1.04 bits per heavy atom. The highest BCUT2D eigenvalue weighted by atomic mass is 16.5. The van der Waals surface area contributed by atoms with E-state index in [1.54, 1.807) is 36.1 Å². The Balaban J connectivity index is 1.72. The molecule has 0 fully saturated rings. The highest BCUT2D eigenvalue weighted by Gasteiger charge is 2.15. The number of hydrogen-bond donors (Lipinski definition) is 1. The summed E-state index contributed by atoms with van der Waals surface area (Å²) >= 11 is 0. The fourth-order valence-corrected chi connectivity index (χ4v) is 3.16. The van der Waals surface area contributed by atoms with E-state index in [0.29, 0.717) is 22.9 Å². The number of para-hydroxylation sites is 1. The smallest absolute Gasteiger partial charge is 0.256 e. The molecular formula is C22H20N4O2.